The van der Waals surface area contributed by atoms with Crippen molar-refractivity contribution in [3.05, 3.63) is 34.2 Å². The lowest BCUT2D eigenvalue weighted by molar-refractivity contribution is 0.371. The molecule has 0 radical (unpaired) electrons. The molecule has 0 aliphatic rings. The third kappa shape index (κ3) is 2.96. The van der Waals surface area contributed by atoms with Crippen molar-refractivity contribution in [2.75, 3.05) is 7.11 Å². The lowest BCUT2D eigenvalue weighted by atomic mass is 10.1. The number of ether oxygens (including phenoxy) is 1. The molecular weight excluding hydrogens is 275 g/mol. The third-order valence-electron chi connectivity index (χ3n) is 2.51. The highest BCUT2D eigenvalue weighted by molar-refractivity contribution is 7.50. The fourth-order valence-electron chi connectivity index (χ4n) is 1.76. The highest BCUT2D eigenvalue weighted by Gasteiger charge is 2.19. The summed E-state index contributed by atoms with van der Waals surface area (Å²) in [6.07, 6.45) is -0.610. The molecular formula is C11H11O7P. The Balaban J connectivity index is 2.74. The van der Waals surface area contributed by atoms with E-state index in [0.29, 0.717) is 0 Å². The molecule has 0 aliphatic heterocycles. The molecule has 0 amide bonds. The lowest BCUT2D eigenvalue weighted by Gasteiger charge is -2.09. The van der Waals surface area contributed by atoms with Crippen LogP contribution >= 0.6 is 7.60 Å². The van der Waals surface area contributed by atoms with Crippen LogP contribution < -0.4 is 10.4 Å². The number of benzene rings is 1. The van der Waals surface area contributed by atoms with Gasteiger partial charge in [-0.3, -0.25) is 4.57 Å². The van der Waals surface area contributed by atoms with Crippen molar-refractivity contribution in [3.63, 3.8) is 0 Å². The van der Waals surface area contributed by atoms with Crippen LogP contribution in [0.5, 0.6) is 11.5 Å². The van der Waals surface area contributed by atoms with Gasteiger partial charge in [-0.15, -0.1) is 0 Å². The van der Waals surface area contributed by atoms with E-state index in [1.165, 1.54) is 19.2 Å². The highest BCUT2D eigenvalue weighted by atomic mass is 31.2. The van der Waals surface area contributed by atoms with E-state index in [2.05, 4.69) is 0 Å². The van der Waals surface area contributed by atoms with Crippen molar-refractivity contribution in [1.29, 1.82) is 0 Å². The van der Waals surface area contributed by atoms with Crippen molar-refractivity contribution in [2.24, 2.45) is 0 Å². The summed E-state index contributed by atoms with van der Waals surface area (Å²) in [5.74, 6) is -0.111. The van der Waals surface area contributed by atoms with Crippen LogP contribution in [0.25, 0.3) is 11.0 Å². The van der Waals surface area contributed by atoms with Crippen molar-refractivity contribution in [2.45, 2.75) is 6.16 Å². The minimum atomic E-state index is -4.34. The monoisotopic (exact) mass is 286 g/mol. The molecule has 3 N–H and O–H groups in total. The van der Waals surface area contributed by atoms with E-state index in [1.807, 2.05) is 0 Å². The Hall–Kier alpha value is -1.82. The second-order valence-electron chi connectivity index (χ2n) is 3.93. The van der Waals surface area contributed by atoms with Crippen LogP contribution in [-0.2, 0) is 10.7 Å². The van der Waals surface area contributed by atoms with Crippen LogP contribution in [0.1, 0.15) is 5.56 Å². The molecule has 0 saturated heterocycles. The average Bonchev–Trinajstić information content (AvgIpc) is 2.27. The number of rotatable bonds is 3. The SMILES string of the molecule is COc1cc2oc(=O)cc(CP(=O)(O)O)c2cc1O. The molecule has 7 nitrogen and oxygen atoms in total. The molecule has 0 unspecified atom stereocenters. The van der Waals surface area contributed by atoms with Crippen LogP contribution in [0.3, 0.4) is 0 Å². The molecule has 1 aromatic carbocycles. The van der Waals surface area contributed by atoms with E-state index >= 15 is 0 Å². The first-order valence-electron chi connectivity index (χ1n) is 5.18. The number of aromatic hydroxyl groups is 1. The molecule has 1 heterocycles. The molecule has 8 heteroatoms. The largest absolute Gasteiger partial charge is 0.504 e. The number of phenolic OH excluding ortho intramolecular Hbond substituents is 1. The number of phenols is 1. The van der Waals surface area contributed by atoms with Gasteiger partial charge >= 0.3 is 13.2 Å². The molecule has 102 valence electrons. The summed E-state index contributed by atoms with van der Waals surface area (Å²) in [5, 5.41) is 9.91. The second kappa shape index (κ2) is 4.70. The zero-order chi connectivity index (χ0) is 14.2. The zero-order valence-electron chi connectivity index (χ0n) is 9.86. The van der Waals surface area contributed by atoms with Crippen molar-refractivity contribution < 1.29 is 28.6 Å². The van der Waals surface area contributed by atoms with Gasteiger partial charge in [-0.2, -0.15) is 0 Å². The van der Waals surface area contributed by atoms with Gasteiger partial charge in [0.15, 0.2) is 11.5 Å². The standard InChI is InChI=1S/C11H11O7P/c1-17-10-4-9-7(3-8(10)12)6(2-11(13)18-9)5-19(14,15)16/h2-4,12H,5H2,1H3,(H2,14,15,16). The summed E-state index contributed by atoms with van der Waals surface area (Å²) in [6.45, 7) is 0. The first kappa shape index (κ1) is 13.6. The Morgan fingerprint density at radius 3 is 2.58 bits per heavy atom. The maximum absolute atomic E-state index is 11.4. The predicted molar refractivity (Wildman–Crippen MR) is 66.4 cm³/mol. The van der Waals surface area contributed by atoms with Gasteiger partial charge in [-0.25, -0.2) is 4.79 Å². The molecule has 0 atom stereocenters. The Kier molecular flexibility index (Phi) is 3.36. The minimum Gasteiger partial charge on any atom is -0.504 e. The zero-order valence-corrected chi connectivity index (χ0v) is 10.8. The van der Waals surface area contributed by atoms with Gasteiger partial charge in [0.25, 0.3) is 0 Å². The molecule has 0 spiro atoms. The third-order valence-corrected chi connectivity index (χ3v) is 3.26. The predicted octanol–water partition coefficient (Wildman–Crippen LogP) is 1.18. The summed E-state index contributed by atoms with van der Waals surface area (Å²) in [6, 6.07) is 3.52. The van der Waals surface area contributed by atoms with Gasteiger partial charge in [-0.1, -0.05) is 0 Å². The van der Waals surface area contributed by atoms with Crippen LogP contribution in [0.4, 0.5) is 0 Å². The van der Waals surface area contributed by atoms with Gasteiger partial charge in [0.2, 0.25) is 0 Å². The molecule has 2 rings (SSSR count). The molecule has 0 bridgehead atoms. The van der Waals surface area contributed by atoms with E-state index in [4.69, 9.17) is 18.9 Å². The maximum atomic E-state index is 11.4. The van der Waals surface area contributed by atoms with Crippen LogP contribution in [-0.4, -0.2) is 22.0 Å². The lowest BCUT2D eigenvalue weighted by Crippen LogP contribution is -2.01. The second-order valence-corrected chi connectivity index (χ2v) is 5.58. The summed E-state index contributed by atoms with van der Waals surface area (Å²) < 4.78 is 20.8. The quantitative estimate of drug-likeness (QED) is 0.573. The Bertz CT molecular complexity index is 728. The number of methoxy groups -OCH3 is 1. The van der Waals surface area contributed by atoms with Gasteiger partial charge in [0, 0.05) is 17.5 Å². The Morgan fingerprint density at radius 1 is 1.32 bits per heavy atom. The Morgan fingerprint density at radius 2 is 2.00 bits per heavy atom. The van der Waals surface area contributed by atoms with Gasteiger partial charge < -0.3 is 24.0 Å². The van der Waals surface area contributed by atoms with E-state index < -0.39 is 19.4 Å². The van der Waals surface area contributed by atoms with Gasteiger partial charge in [0.05, 0.1) is 13.3 Å². The van der Waals surface area contributed by atoms with E-state index in [0.717, 1.165) is 6.07 Å². The smallest absolute Gasteiger partial charge is 0.336 e. The number of hydrogen-bond donors (Lipinski definition) is 3. The Labute approximate surface area is 107 Å². The van der Waals surface area contributed by atoms with Crippen molar-refractivity contribution >= 4 is 18.6 Å². The molecule has 1 aromatic heterocycles. The summed E-state index contributed by atoms with van der Waals surface area (Å²) in [7, 11) is -3.01. The fourth-order valence-corrected chi connectivity index (χ4v) is 2.46. The van der Waals surface area contributed by atoms with Gasteiger partial charge in [0.1, 0.15) is 5.58 Å². The van der Waals surface area contributed by atoms with Crippen LogP contribution in [0.2, 0.25) is 0 Å². The first-order chi connectivity index (χ1) is 8.80. The van der Waals surface area contributed by atoms with Crippen LogP contribution in [0.15, 0.2) is 27.4 Å². The van der Waals surface area contributed by atoms with Gasteiger partial charge in [-0.05, 0) is 11.6 Å². The summed E-state index contributed by atoms with van der Waals surface area (Å²) in [5.41, 5.74) is -0.535. The van der Waals surface area contributed by atoms with E-state index in [9.17, 15) is 14.5 Å². The maximum Gasteiger partial charge on any atom is 0.336 e. The molecule has 0 saturated carbocycles. The first-order valence-corrected chi connectivity index (χ1v) is 6.98. The van der Waals surface area contributed by atoms with E-state index in [-0.39, 0.29) is 28.0 Å². The van der Waals surface area contributed by atoms with Crippen molar-refractivity contribution in [1.82, 2.24) is 0 Å². The topological polar surface area (TPSA) is 117 Å². The number of hydrogen-bond acceptors (Lipinski definition) is 5. The summed E-state index contributed by atoms with van der Waals surface area (Å²) in [4.78, 5) is 29.3. The molecule has 19 heavy (non-hydrogen) atoms. The van der Waals surface area contributed by atoms with E-state index in [1.54, 1.807) is 0 Å². The minimum absolute atomic E-state index is 0.0885. The normalized spacial score (nSPS) is 11.7. The average molecular weight is 286 g/mol. The molecule has 0 fully saturated rings. The van der Waals surface area contributed by atoms with Crippen LogP contribution in [0, 0.1) is 0 Å². The summed E-state index contributed by atoms with van der Waals surface area (Å²) >= 11 is 0. The number of fused-ring (bicyclic) bond motifs is 1. The van der Waals surface area contributed by atoms with Crippen molar-refractivity contribution in [3.8, 4) is 11.5 Å². The molecule has 0 aliphatic carbocycles. The highest BCUT2D eigenvalue weighted by Crippen LogP contribution is 2.41. The molecule has 2 aromatic rings. The fraction of sp³-hybridized carbons (Fsp3) is 0.182.